The molecule has 0 radical (unpaired) electrons. The summed E-state index contributed by atoms with van der Waals surface area (Å²) in [6, 6.07) is 5.92. The van der Waals surface area contributed by atoms with Crippen molar-refractivity contribution in [3.8, 4) is 0 Å². The number of carbonyl (C=O) groups is 1. The molecule has 25 heavy (non-hydrogen) atoms. The molecule has 1 unspecified atom stereocenters. The van der Waals surface area contributed by atoms with Gasteiger partial charge in [0.2, 0.25) is 5.95 Å². The van der Waals surface area contributed by atoms with Gasteiger partial charge < -0.3 is 0 Å². The molecule has 8 nitrogen and oxygen atoms in total. The van der Waals surface area contributed by atoms with Crippen LogP contribution in [0.1, 0.15) is 38.3 Å². The maximum atomic E-state index is 12.9. The Labute approximate surface area is 143 Å². The first-order valence-electron chi connectivity index (χ1n) is 8.10. The monoisotopic (exact) mass is 339 g/mol. The number of ketones is 1. The van der Waals surface area contributed by atoms with Crippen molar-refractivity contribution in [2.45, 2.75) is 32.7 Å². The summed E-state index contributed by atoms with van der Waals surface area (Å²) in [6.07, 6.45) is 2.55. The Morgan fingerprint density at radius 1 is 1.32 bits per heavy atom. The molecule has 2 heterocycles. The summed E-state index contributed by atoms with van der Waals surface area (Å²) in [4.78, 5) is 32.3. The second-order valence-corrected chi connectivity index (χ2v) is 7.37. The molecule has 8 heteroatoms. The van der Waals surface area contributed by atoms with Crippen molar-refractivity contribution >= 4 is 23.1 Å². The van der Waals surface area contributed by atoms with Crippen LogP contribution in [0.3, 0.4) is 0 Å². The van der Waals surface area contributed by atoms with Gasteiger partial charge >= 0.3 is 0 Å². The van der Waals surface area contributed by atoms with Crippen molar-refractivity contribution in [2.75, 3.05) is 0 Å². The fourth-order valence-electron chi connectivity index (χ4n) is 3.84. The van der Waals surface area contributed by atoms with E-state index in [0.29, 0.717) is 24.4 Å². The molecular weight excluding hydrogens is 322 g/mol. The van der Waals surface area contributed by atoms with Crippen LogP contribution in [-0.4, -0.2) is 31.2 Å². The maximum absolute atomic E-state index is 12.9. The Morgan fingerprint density at radius 3 is 2.88 bits per heavy atom. The minimum absolute atomic E-state index is 0.00758. The Kier molecular flexibility index (Phi) is 3.31. The Hall–Kier alpha value is -2.90. The molecule has 0 saturated heterocycles. The van der Waals surface area contributed by atoms with Gasteiger partial charge in [0.05, 0.1) is 16.9 Å². The number of nitrogens with zero attached hydrogens (tertiary/aromatic N) is 5. The second kappa shape index (κ2) is 5.30. The molecule has 2 atom stereocenters. The van der Waals surface area contributed by atoms with E-state index in [1.807, 2.05) is 13.8 Å². The summed E-state index contributed by atoms with van der Waals surface area (Å²) < 4.78 is 1.60. The lowest BCUT2D eigenvalue weighted by Crippen LogP contribution is -2.44. The number of rotatable bonds is 2. The van der Waals surface area contributed by atoms with Crippen LogP contribution in [-0.2, 0) is 4.79 Å². The highest BCUT2D eigenvalue weighted by Gasteiger charge is 2.46. The van der Waals surface area contributed by atoms with Crippen molar-refractivity contribution in [1.82, 2.24) is 14.8 Å². The van der Waals surface area contributed by atoms with Crippen molar-refractivity contribution in [3.63, 3.8) is 0 Å². The first-order chi connectivity index (χ1) is 11.9. The lowest BCUT2D eigenvalue weighted by molar-refractivity contribution is -0.384. The van der Waals surface area contributed by atoms with Gasteiger partial charge in [0, 0.05) is 24.3 Å². The first kappa shape index (κ1) is 15.6. The van der Waals surface area contributed by atoms with Crippen molar-refractivity contribution in [2.24, 2.45) is 16.3 Å². The number of Topliss-reactive ketones (excluding diaryl/α,β-unsaturated/α-hetero) is 1. The van der Waals surface area contributed by atoms with E-state index < -0.39 is 16.9 Å². The van der Waals surface area contributed by atoms with Crippen molar-refractivity contribution < 1.29 is 9.72 Å². The lowest BCUT2D eigenvalue weighted by atomic mass is 9.67. The van der Waals surface area contributed by atoms with E-state index in [1.165, 1.54) is 18.5 Å². The molecule has 0 amide bonds. The molecule has 0 N–H and O–H groups in total. The van der Waals surface area contributed by atoms with E-state index in [4.69, 9.17) is 0 Å². The zero-order valence-electron chi connectivity index (χ0n) is 13.9. The average Bonchev–Trinajstić information content (AvgIpc) is 2.99. The Morgan fingerprint density at radius 2 is 2.12 bits per heavy atom. The number of carbonyl (C=O) groups excluding carboxylic acids is 1. The Balaban J connectivity index is 1.87. The van der Waals surface area contributed by atoms with Crippen LogP contribution in [0.15, 0.2) is 35.6 Å². The van der Waals surface area contributed by atoms with Gasteiger partial charge in [0.25, 0.3) is 5.69 Å². The highest BCUT2D eigenvalue weighted by Crippen LogP contribution is 2.44. The molecule has 0 bridgehead atoms. The SMILES string of the molecule is CC1(C)CC(=O)C2C(=Nc3ncnn3[C@H]2c2cccc([N+](=O)[O-])c2)C1. The Bertz CT molecular complexity index is 915. The van der Waals surface area contributed by atoms with Gasteiger partial charge in [-0.25, -0.2) is 9.67 Å². The number of aromatic nitrogens is 3. The number of non-ortho nitro benzene ring substituents is 1. The molecule has 1 aliphatic carbocycles. The number of nitro groups is 1. The predicted molar refractivity (Wildman–Crippen MR) is 89.9 cm³/mol. The molecule has 1 aromatic heterocycles. The van der Waals surface area contributed by atoms with Gasteiger partial charge in [-0.05, 0) is 17.4 Å². The van der Waals surface area contributed by atoms with E-state index in [1.54, 1.807) is 16.8 Å². The highest BCUT2D eigenvalue weighted by atomic mass is 16.6. The third-order valence-corrected chi connectivity index (χ3v) is 4.82. The molecule has 1 fully saturated rings. The van der Waals surface area contributed by atoms with Crippen LogP contribution in [0, 0.1) is 21.4 Å². The van der Waals surface area contributed by atoms with Gasteiger partial charge in [0.15, 0.2) is 0 Å². The zero-order valence-corrected chi connectivity index (χ0v) is 13.9. The largest absolute Gasteiger partial charge is 0.299 e. The van der Waals surface area contributed by atoms with Crippen LogP contribution in [0.4, 0.5) is 11.6 Å². The standard InChI is InChI=1S/C17H17N5O3/c1-17(2)7-12-14(13(23)8-17)15(21-16(20-12)18-9-19-21)10-4-3-5-11(6-10)22(24)25/h3-6,9,14-15H,7-8H2,1-2H3/t14?,15-/m0/s1. The number of hydrogen-bond donors (Lipinski definition) is 0. The fraction of sp³-hybridized carbons (Fsp3) is 0.412. The van der Waals surface area contributed by atoms with E-state index >= 15 is 0 Å². The number of nitro benzene ring substituents is 1. The zero-order chi connectivity index (χ0) is 17.8. The molecule has 128 valence electrons. The molecule has 1 aromatic carbocycles. The molecule has 2 aliphatic rings. The summed E-state index contributed by atoms with van der Waals surface area (Å²) in [5, 5.41) is 15.4. The lowest BCUT2D eigenvalue weighted by Gasteiger charge is -2.40. The molecule has 4 rings (SSSR count). The number of aliphatic imine (C=N–C) groups is 1. The predicted octanol–water partition coefficient (Wildman–Crippen LogP) is 2.87. The minimum atomic E-state index is -0.454. The highest BCUT2D eigenvalue weighted by molar-refractivity contribution is 6.09. The number of benzene rings is 1. The fourth-order valence-corrected chi connectivity index (χ4v) is 3.84. The molecule has 2 aromatic rings. The third-order valence-electron chi connectivity index (χ3n) is 4.82. The number of fused-ring (bicyclic) bond motifs is 2. The third kappa shape index (κ3) is 2.54. The quantitative estimate of drug-likeness (QED) is 0.618. The molecule has 1 saturated carbocycles. The van der Waals surface area contributed by atoms with Crippen molar-refractivity contribution in [1.29, 1.82) is 0 Å². The van der Waals surface area contributed by atoms with Gasteiger partial charge in [0.1, 0.15) is 12.1 Å². The molecule has 1 aliphatic heterocycles. The van der Waals surface area contributed by atoms with Gasteiger partial charge in [-0.2, -0.15) is 10.1 Å². The summed E-state index contributed by atoms with van der Waals surface area (Å²) >= 11 is 0. The topological polar surface area (TPSA) is 103 Å². The van der Waals surface area contributed by atoms with E-state index in [-0.39, 0.29) is 16.9 Å². The normalized spacial score (nSPS) is 24.2. The van der Waals surface area contributed by atoms with E-state index in [0.717, 1.165) is 5.71 Å². The minimum Gasteiger partial charge on any atom is -0.299 e. The summed E-state index contributed by atoms with van der Waals surface area (Å²) in [7, 11) is 0. The maximum Gasteiger partial charge on any atom is 0.269 e. The van der Waals surface area contributed by atoms with Crippen LogP contribution in [0.25, 0.3) is 0 Å². The van der Waals surface area contributed by atoms with Crippen LogP contribution >= 0.6 is 0 Å². The second-order valence-electron chi connectivity index (χ2n) is 7.37. The van der Waals surface area contributed by atoms with E-state index in [9.17, 15) is 14.9 Å². The molecule has 0 spiro atoms. The van der Waals surface area contributed by atoms with Crippen LogP contribution < -0.4 is 0 Å². The smallest absolute Gasteiger partial charge is 0.269 e. The molecular formula is C17H17N5O3. The number of hydrogen-bond acceptors (Lipinski definition) is 6. The first-order valence-corrected chi connectivity index (χ1v) is 8.10. The summed E-state index contributed by atoms with van der Waals surface area (Å²) in [5.74, 6) is 0.0742. The van der Waals surface area contributed by atoms with Gasteiger partial charge in [-0.1, -0.05) is 26.0 Å². The van der Waals surface area contributed by atoms with Crippen molar-refractivity contribution in [3.05, 3.63) is 46.3 Å². The van der Waals surface area contributed by atoms with E-state index in [2.05, 4.69) is 15.1 Å². The van der Waals surface area contributed by atoms with Gasteiger partial charge in [-0.3, -0.25) is 14.9 Å². The summed E-state index contributed by atoms with van der Waals surface area (Å²) in [5.41, 5.74) is 1.30. The van der Waals surface area contributed by atoms with Crippen LogP contribution in [0.2, 0.25) is 0 Å². The summed E-state index contributed by atoms with van der Waals surface area (Å²) in [6.45, 7) is 4.09. The van der Waals surface area contributed by atoms with Crippen LogP contribution in [0.5, 0.6) is 0 Å². The van der Waals surface area contributed by atoms with Gasteiger partial charge in [-0.15, -0.1) is 0 Å². The average molecular weight is 339 g/mol.